The van der Waals surface area contributed by atoms with E-state index in [1.54, 1.807) is 38.6 Å². The van der Waals surface area contributed by atoms with Gasteiger partial charge in [-0.3, -0.25) is 14.6 Å². The number of hydrogen-bond donors (Lipinski definition) is 1. The van der Waals surface area contributed by atoms with E-state index in [4.69, 9.17) is 26.8 Å². The average molecular weight is 507 g/mol. The highest BCUT2D eigenvalue weighted by Crippen LogP contribution is 2.49. The molecular weight excluding hydrogens is 480 g/mol. The summed E-state index contributed by atoms with van der Waals surface area (Å²) in [6.07, 6.45) is 4.26. The molecule has 3 heterocycles. The van der Waals surface area contributed by atoms with E-state index >= 15 is 0 Å². The number of Topliss-reactive ketones (excluding diaryl/α,β-unsaturated/α-hetero) is 1. The first kappa shape index (κ1) is 24.2. The summed E-state index contributed by atoms with van der Waals surface area (Å²) in [6.45, 7) is 1.93. The lowest BCUT2D eigenvalue weighted by Gasteiger charge is -2.47. The smallest absolute Gasteiger partial charge is 0.313 e. The fourth-order valence-corrected chi connectivity index (χ4v) is 5.61. The first-order valence-electron chi connectivity index (χ1n) is 12.0. The number of anilines is 1. The molecule has 0 bridgehead atoms. The van der Waals surface area contributed by atoms with Crippen LogP contribution in [0.25, 0.3) is 10.9 Å². The fourth-order valence-electron chi connectivity index (χ4n) is 5.35. The Morgan fingerprint density at radius 3 is 2.81 bits per heavy atom. The number of halogens is 1. The van der Waals surface area contributed by atoms with Crippen molar-refractivity contribution < 1.29 is 19.1 Å². The van der Waals surface area contributed by atoms with Crippen molar-refractivity contribution >= 4 is 39.9 Å². The molecule has 36 heavy (non-hydrogen) atoms. The third kappa shape index (κ3) is 4.10. The van der Waals surface area contributed by atoms with Crippen LogP contribution in [0.3, 0.4) is 0 Å². The number of rotatable bonds is 5. The van der Waals surface area contributed by atoms with E-state index in [0.29, 0.717) is 47.4 Å². The van der Waals surface area contributed by atoms with Crippen molar-refractivity contribution in [2.24, 2.45) is 11.7 Å². The van der Waals surface area contributed by atoms with Crippen LogP contribution in [-0.4, -0.2) is 41.6 Å². The topological polar surface area (TPSA) is 108 Å². The van der Waals surface area contributed by atoms with Gasteiger partial charge in [0.1, 0.15) is 16.8 Å². The van der Waals surface area contributed by atoms with E-state index in [9.17, 15) is 9.59 Å². The van der Waals surface area contributed by atoms with Gasteiger partial charge < -0.3 is 20.1 Å². The van der Waals surface area contributed by atoms with Crippen LogP contribution in [0.5, 0.6) is 5.75 Å². The Kier molecular flexibility index (Phi) is 6.64. The summed E-state index contributed by atoms with van der Waals surface area (Å²) in [5, 5.41) is 1.00. The van der Waals surface area contributed by atoms with Gasteiger partial charge in [-0.05, 0) is 61.7 Å². The average Bonchev–Trinajstić information content (AvgIpc) is 2.88. The number of nitrogens with zero attached hydrogens (tertiary/aromatic N) is 3. The summed E-state index contributed by atoms with van der Waals surface area (Å²) >= 11 is 6.74. The van der Waals surface area contributed by atoms with Crippen molar-refractivity contribution in [2.45, 2.75) is 38.3 Å². The Labute approximate surface area is 214 Å². The van der Waals surface area contributed by atoms with Gasteiger partial charge in [-0.1, -0.05) is 11.6 Å². The SMILES string of the molecule is CCOC(=O)C1C(c2cc3cc(OC)ccc3nc2Cl)C2=C(CCCC2=O)N(c2cccnc2)C1N. The number of allylic oxidation sites excluding steroid dienone is 2. The highest BCUT2D eigenvalue weighted by atomic mass is 35.5. The maximum atomic E-state index is 13.5. The molecule has 3 aromatic rings. The van der Waals surface area contributed by atoms with Crippen LogP contribution < -0.4 is 15.4 Å². The minimum atomic E-state index is -0.895. The van der Waals surface area contributed by atoms with E-state index in [2.05, 4.69) is 9.97 Å². The molecule has 0 amide bonds. The lowest BCUT2D eigenvalue weighted by atomic mass is 9.70. The third-order valence-electron chi connectivity index (χ3n) is 6.88. The van der Waals surface area contributed by atoms with Crippen molar-refractivity contribution in [3.63, 3.8) is 0 Å². The Balaban J connectivity index is 1.78. The monoisotopic (exact) mass is 506 g/mol. The second kappa shape index (κ2) is 9.87. The molecule has 2 N–H and O–H groups in total. The molecule has 3 atom stereocenters. The molecular formula is C27H27ClN4O4. The minimum Gasteiger partial charge on any atom is -0.497 e. The third-order valence-corrected chi connectivity index (χ3v) is 7.18. The van der Waals surface area contributed by atoms with Gasteiger partial charge in [0.15, 0.2) is 5.78 Å². The van der Waals surface area contributed by atoms with Crippen LogP contribution in [0.1, 0.15) is 37.7 Å². The predicted molar refractivity (Wildman–Crippen MR) is 137 cm³/mol. The second-order valence-corrected chi connectivity index (χ2v) is 9.25. The molecule has 0 saturated carbocycles. The van der Waals surface area contributed by atoms with Crippen LogP contribution in [0.4, 0.5) is 5.69 Å². The normalized spacial score (nSPS) is 21.9. The standard InChI is InChI=1S/C27H27ClN4O4/c1-3-36-27(34)24-22(18-13-15-12-17(35-2)9-10-19(15)31-25(18)28)23-20(7-4-8-21(23)33)32(26(24)29)16-6-5-11-30-14-16/h5-6,9-14,22,24,26H,3-4,7-8,29H2,1-2H3. The molecule has 5 rings (SSSR count). The zero-order valence-corrected chi connectivity index (χ0v) is 20.9. The van der Waals surface area contributed by atoms with E-state index in [0.717, 1.165) is 11.1 Å². The van der Waals surface area contributed by atoms with Gasteiger partial charge in [0, 0.05) is 35.2 Å². The van der Waals surface area contributed by atoms with Crippen LogP contribution in [0, 0.1) is 5.92 Å². The number of methoxy groups -OCH3 is 1. The number of esters is 1. The van der Waals surface area contributed by atoms with Crippen molar-refractivity contribution in [3.05, 3.63) is 70.8 Å². The predicted octanol–water partition coefficient (Wildman–Crippen LogP) is 4.37. The zero-order valence-electron chi connectivity index (χ0n) is 20.1. The molecule has 2 aliphatic rings. The summed E-state index contributed by atoms with van der Waals surface area (Å²) in [7, 11) is 1.59. The van der Waals surface area contributed by atoms with Gasteiger partial charge in [-0.25, -0.2) is 4.98 Å². The maximum Gasteiger partial charge on any atom is 0.313 e. The fraction of sp³-hybridized carbons (Fsp3) is 0.333. The lowest BCUT2D eigenvalue weighted by Crippen LogP contribution is -2.57. The van der Waals surface area contributed by atoms with Crippen LogP contribution >= 0.6 is 11.6 Å². The Hall–Kier alpha value is -3.49. The number of fused-ring (bicyclic) bond motifs is 1. The van der Waals surface area contributed by atoms with E-state index in [1.807, 2.05) is 29.2 Å². The number of hydrogen-bond acceptors (Lipinski definition) is 8. The number of carbonyl (C=O) groups excluding carboxylic acids is 2. The first-order valence-corrected chi connectivity index (χ1v) is 12.3. The minimum absolute atomic E-state index is 0.0295. The Morgan fingerprint density at radius 2 is 2.08 bits per heavy atom. The van der Waals surface area contributed by atoms with E-state index in [-0.39, 0.29) is 17.5 Å². The number of ether oxygens (including phenoxy) is 2. The molecule has 3 unspecified atom stereocenters. The van der Waals surface area contributed by atoms with Crippen molar-refractivity contribution in [2.75, 3.05) is 18.6 Å². The van der Waals surface area contributed by atoms with Crippen LogP contribution in [-0.2, 0) is 14.3 Å². The molecule has 0 fully saturated rings. The summed E-state index contributed by atoms with van der Waals surface area (Å²) in [6, 6.07) is 11.0. The molecule has 8 nitrogen and oxygen atoms in total. The summed E-state index contributed by atoms with van der Waals surface area (Å²) in [4.78, 5) is 37.7. The molecule has 1 aliphatic heterocycles. The zero-order chi connectivity index (χ0) is 25.4. The number of ketones is 1. The van der Waals surface area contributed by atoms with Crippen molar-refractivity contribution in [3.8, 4) is 5.75 Å². The number of carbonyl (C=O) groups is 2. The number of nitrogens with two attached hydrogens (primary N) is 1. The van der Waals surface area contributed by atoms with E-state index < -0.39 is 24.0 Å². The molecule has 0 spiro atoms. The quantitative estimate of drug-likeness (QED) is 0.401. The van der Waals surface area contributed by atoms with Gasteiger partial charge >= 0.3 is 5.97 Å². The molecule has 9 heteroatoms. The molecule has 186 valence electrons. The number of benzene rings is 1. The Morgan fingerprint density at radius 1 is 1.25 bits per heavy atom. The highest BCUT2D eigenvalue weighted by Gasteiger charge is 2.50. The molecule has 0 saturated heterocycles. The molecule has 2 aromatic heterocycles. The highest BCUT2D eigenvalue weighted by molar-refractivity contribution is 6.31. The van der Waals surface area contributed by atoms with Crippen molar-refractivity contribution in [1.29, 1.82) is 0 Å². The summed E-state index contributed by atoms with van der Waals surface area (Å²) in [5.74, 6) is -1.45. The largest absolute Gasteiger partial charge is 0.497 e. The number of pyridine rings is 2. The second-order valence-electron chi connectivity index (χ2n) is 8.89. The van der Waals surface area contributed by atoms with Crippen LogP contribution in [0.2, 0.25) is 5.15 Å². The first-order chi connectivity index (χ1) is 17.4. The van der Waals surface area contributed by atoms with Gasteiger partial charge in [-0.2, -0.15) is 0 Å². The van der Waals surface area contributed by atoms with Crippen LogP contribution in [0.15, 0.2) is 60.1 Å². The number of aromatic nitrogens is 2. The van der Waals surface area contributed by atoms with E-state index in [1.165, 1.54) is 0 Å². The molecule has 1 aromatic carbocycles. The molecule has 1 aliphatic carbocycles. The lowest BCUT2D eigenvalue weighted by molar-refractivity contribution is -0.149. The van der Waals surface area contributed by atoms with Crippen molar-refractivity contribution in [1.82, 2.24) is 9.97 Å². The molecule has 0 radical (unpaired) electrons. The summed E-state index contributed by atoms with van der Waals surface area (Å²) < 4.78 is 10.9. The Bertz CT molecular complexity index is 1360. The maximum absolute atomic E-state index is 13.5. The van der Waals surface area contributed by atoms with Gasteiger partial charge in [-0.15, -0.1) is 0 Å². The summed E-state index contributed by atoms with van der Waals surface area (Å²) in [5.41, 5.74) is 10.1. The van der Waals surface area contributed by atoms with Gasteiger partial charge in [0.25, 0.3) is 0 Å². The van der Waals surface area contributed by atoms with Gasteiger partial charge in [0.05, 0.1) is 37.3 Å². The van der Waals surface area contributed by atoms with Gasteiger partial charge in [0.2, 0.25) is 0 Å².